The van der Waals surface area contributed by atoms with Crippen molar-refractivity contribution in [1.29, 1.82) is 0 Å². The molecule has 44 heavy (non-hydrogen) atoms. The number of ether oxygens (including phenoxy) is 2. The fourth-order valence-electron chi connectivity index (χ4n) is 5.25. The number of carbonyl (C=O) groups is 2. The molecule has 234 valence electrons. The van der Waals surface area contributed by atoms with Gasteiger partial charge in [0.2, 0.25) is 5.91 Å². The van der Waals surface area contributed by atoms with Crippen LogP contribution in [0.1, 0.15) is 40.7 Å². The maximum Gasteiger partial charge on any atom is 0.254 e. The topological polar surface area (TPSA) is 79.9 Å². The van der Waals surface area contributed by atoms with E-state index in [0.29, 0.717) is 40.9 Å². The van der Waals surface area contributed by atoms with Crippen LogP contribution < -0.4 is 20.1 Å². The molecule has 1 saturated carbocycles. The van der Waals surface area contributed by atoms with Crippen molar-refractivity contribution >= 4 is 46.6 Å². The quantitative estimate of drug-likeness (QED) is 0.226. The first-order valence-electron chi connectivity index (χ1n) is 14.4. The Morgan fingerprint density at radius 2 is 1.68 bits per heavy atom. The van der Waals surface area contributed by atoms with Crippen LogP contribution in [0.3, 0.4) is 0 Å². The Balaban J connectivity index is 1.19. The zero-order valence-electron chi connectivity index (χ0n) is 24.0. The van der Waals surface area contributed by atoms with E-state index in [4.69, 9.17) is 44.3 Å². The first-order chi connectivity index (χ1) is 21.1. The SMILES string of the molecule is Cc1cc(Cl)c(OCCOc2ccc(C(=O)NC3CCNCC3C(=O)N(Cc3ccc(F)cc3Cl)C3CC3)c(F)c2)c(Cl)c1. The normalized spacial score (nSPS) is 18.0. The minimum atomic E-state index is -0.757. The Morgan fingerprint density at radius 1 is 0.955 bits per heavy atom. The van der Waals surface area contributed by atoms with E-state index >= 15 is 4.39 Å². The van der Waals surface area contributed by atoms with Crippen molar-refractivity contribution in [2.75, 3.05) is 26.3 Å². The molecule has 2 atom stereocenters. The third-order valence-corrected chi connectivity index (χ3v) is 8.58. The molecule has 1 aliphatic heterocycles. The summed E-state index contributed by atoms with van der Waals surface area (Å²) in [5.74, 6) is -1.96. The van der Waals surface area contributed by atoms with Gasteiger partial charge in [0.25, 0.3) is 5.91 Å². The standard InChI is InChI=1S/C32H32Cl3F2N3O4/c1-18-12-26(34)30(27(35)13-18)44-11-10-43-22-6-7-23(28(37)15-22)31(41)39-29-8-9-38-16-24(29)32(42)40(21-4-5-21)17-19-2-3-20(36)14-25(19)33/h2-3,6-7,12-15,21,24,29,38H,4-5,8-11,16-17H2,1H3,(H,39,41). The zero-order chi connectivity index (χ0) is 31.4. The van der Waals surface area contributed by atoms with Gasteiger partial charge in [-0.15, -0.1) is 0 Å². The molecule has 2 unspecified atom stereocenters. The Labute approximate surface area is 269 Å². The number of carbonyl (C=O) groups excluding carboxylic acids is 2. The summed E-state index contributed by atoms with van der Waals surface area (Å²) >= 11 is 18.6. The van der Waals surface area contributed by atoms with Crippen molar-refractivity contribution in [1.82, 2.24) is 15.5 Å². The van der Waals surface area contributed by atoms with Gasteiger partial charge >= 0.3 is 0 Å². The third-order valence-electron chi connectivity index (χ3n) is 7.67. The lowest BCUT2D eigenvalue weighted by atomic mass is 9.91. The van der Waals surface area contributed by atoms with Crippen LogP contribution in [0.2, 0.25) is 15.1 Å². The van der Waals surface area contributed by atoms with E-state index < -0.39 is 29.5 Å². The highest BCUT2D eigenvalue weighted by molar-refractivity contribution is 6.37. The summed E-state index contributed by atoms with van der Waals surface area (Å²) in [6, 6.07) is 11.1. The number of aryl methyl sites for hydroxylation is 1. The lowest BCUT2D eigenvalue weighted by molar-refractivity contribution is -0.138. The molecule has 2 fully saturated rings. The van der Waals surface area contributed by atoms with Gasteiger partial charge in [0.1, 0.15) is 30.6 Å². The van der Waals surface area contributed by atoms with Crippen LogP contribution in [0, 0.1) is 24.5 Å². The number of hydrogen-bond acceptors (Lipinski definition) is 5. The van der Waals surface area contributed by atoms with E-state index in [0.717, 1.165) is 24.5 Å². The summed E-state index contributed by atoms with van der Waals surface area (Å²) in [6.45, 7) is 3.27. The second-order valence-corrected chi connectivity index (χ2v) is 12.2. The maximum atomic E-state index is 15.0. The molecule has 7 nitrogen and oxygen atoms in total. The Bertz CT molecular complexity index is 1520. The van der Waals surface area contributed by atoms with E-state index in [1.807, 2.05) is 6.92 Å². The molecule has 2 aliphatic rings. The van der Waals surface area contributed by atoms with Crippen LogP contribution in [0.25, 0.3) is 0 Å². The minimum Gasteiger partial charge on any atom is -0.490 e. The number of rotatable bonds is 11. The fourth-order valence-corrected chi connectivity index (χ4v) is 6.19. The van der Waals surface area contributed by atoms with Crippen LogP contribution in [0.5, 0.6) is 11.5 Å². The van der Waals surface area contributed by atoms with Gasteiger partial charge in [-0.3, -0.25) is 9.59 Å². The summed E-state index contributed by atoms with van der Waals surface area (Å²) in [6.07, 6.45) is 2.22. The molecule has 0 spiro atoms. The van der Waals surface area contributed by atoms with Crippen molar-refractivity contribution in [3.05, 3.63) is 91.9 Å². The highest BCUT2D eigenvalue weighted by atomic mass is 35.5. The molecule has 2 amide bonds. The van der Waals surface area contributed by atoms with Crippen molar-refractivity contribution in [3.8, 4) is 11.5 Å². The zero-order valence-corrected chi connectivity index (χ0v) is 26.2. The summed E-state index contributed by atoms with van der Waals surface area (Å²) in [4.78, 5) is 28.7. The first-order valence-corrected chi connectivity index (χ1v) is 15.5. The summed E-state index contributed by atoms with van der Waals surface area (Å²) in [5.41, 5.74) is 1.39. The molecule has 12 heteroatoms. The molecule has 1 saturated heterocycles. The van der Waals surface area contributed by atoms with Gasteiger partial charge in [0.05, 0.1) is 21.5 Å². The highest BCUT2D eigenvalue weighted by Crippen LogP contribution is 2.34. The van der Waals surface area contributed by atoms with Crippen molar-refractivity contribution in [2.45, 2.75) is 44.8 Å². The van der Waals surface area contributed by atoms with E-state index in [1.54, 1.807) is 23.1 Å². The summed E-state index contributed by atoms with van der Waals surface area (Å²) < 4.78 is 39.8. The number of hydrogen-bond donors (Lipinski definition) is 2. The van der Waals surface area contributed by atoms with Gasteiger partial charge in [0, 0.05) is 36.3 Å². The van der Waals surface area contributed by atoms with Gasteiger partial charge in [-0.2, -0.15) is 0 Å². The van der Waals surface area contributed by atoms with Crippen LogP contribution in [-0.2, 0) is 11.3 Å². The molecule has 0 bridgehead atoms. The van der Waals surface area contributed by atoms with E-state index in [-0.39, 0.29) is 48.0 Å². The highest BCUT2D eigenvalue weighted by Gasteiger charge is 2.40. The fraction of sp³-hybridized carbons (Fsp3) is 0.375. The number of halogens is 5. The third kappa shape index (κ3) is 7.93. The van der Waals surface area contributed by atoms with Gasteiger partial charge in [-0.05, 0) is 80.3 Å². The molecule has 2 N–H and O–H groups in total. The average molecular weight is 667 g/mol. The van der Waals surface area contributed by atoms with Gasteiger partial charge in [0.15, 0.2) is 5.75 Å². The molecule has 5 rings (SSSR count). The molecule has 0 aromatic heterocycles. The van der Waals surface area contributed by atoms with E-state index in [2.05, 4.69) is 10.6 Å². The number of amides is 2. The van der Waals surface area contributed by atoms with E-state index in [9.17, 15) is 14.0 Å². The van der Waals surface area contributed by atoms with Crippen LogP contribution >= 0.6 is 34.8 Å². The van der Waals surface area contributed by atoms with Gasteiger partial charge < -0.3 is 25.0 Å². The van der Waals surface area contributed by atoms with Gasteiger partial charge in [-0.25, -0.2) is 8.78 Å². The molecule has 3 aromatic rings. The molecular formula is C32H32Cl3F2N3O4. The Hall–Kier alpha value is -3.11. The Morgan fingerprint density at radius 3 is 2.36 bits per heavy atom. The lowest BCUT2D eigenvalue weighted by Crippen LogP contribution is -2.55. The number of nitrogens with one attached hydrogen (secondary N) is 2. The molecule has 3 aromatic carbocycles. The summed E-state index contributed by atoms with van der Waals surface area (Å²) in [5, 5.41) is 7.13. The first kappa shape index (κ1) is 32.3. The lowest BCUT2D eigenvalue weighted by Gasteiger charge is -2.36. The molecule has 0 radical (unpaired) electrons. The average Bonchev–Trinajstić information content (AvgIpc) is 3.81. The van der Waals surface area contributed by atoms with Crippen LogP contribution in [0.15, 0.2) is 48.5 Å². The number of nitrogens with zero attached hydrogens (tertiary/aromatic N) is 1. The number of piperidine rings is 1. The minimum absolute atomic E-state index is 0.0585. The maximum absolute atomic E-state index is 15.0. The summed E-state index contributed by atoms with van der Waals surface area (Å²) in [7, 11) is 0. The number of benzene rings is 3. The predicted octanol–water partition coefficient (Wildman–Crippen LogP) is 6.59. The van der Waals surface area contributed by atoms with Crippen molar-refractivity contribution in [3.63, 3.8) is 0 Å². The van der Waals surface area contributed by atoms with Crippen LogP contribution in [0.4, 0.5) is 8.78 Å². The van der Waals surface area contributed by atoms with Crippen molar-refractivity contribution in [2.24, 2.45) is 5.92 Å². The largest absolute Gasteiger partial charge is 0.490 e. The van der Waals surface area contributed by atoms with Crippen LogP contribution in [-0.4, -0.2) is 55.1 Å². The predicted molar refractivity (Wildman–Crippen MR) is 166 cm³/mol. The molecular weight excluding hydrogens is 635 g/mol. The smallest absolute Gasteiger partial charge is 0.254 e. The van der Waals surface area contributed by atoms with Crippen molar-refractivity contribution < 1.29 is 27.8 Å². The second-order valence-electron chi connectivity index (χ2n) is 11.0. The second kappa shape index (κ2) is 14.3. The molecule has 1 heterocycles. The Kier molecular flexibility index (Phi) is 10.5. The van der Waals surface area contributed by atoms with E-state index in [1.165, 1.54) is 24.3 Å². The molecule has 1 aliphatic carbocycles. The monoisotopic (exact) mass is 665 g/mol. The van der Waals surface area contributed by atoms with Gasteiger partial charge in [-0.1, -0.05) is 40.9 Å².